The molecule has 0 saturated carbocycles. The first-order chi connectivity index (χ1) is 9.74. The van der Waals surface area contributed by atoms with Crippen LogP contribution in [0.1, 0.15) is 38.7 Å². The van der Waals surface area contributed by atoms with Crippen molar-refractivity contribution in [2.45, 2.75) is 39.5 Å². The minimum atomic E-state index is 0.153. The predicted molar refractivity (Wildman–Crippen MR) is 78.0 cm³/mol. The third-order valence-corrected chi connectivity index (χ3v) is 3.73. The summed E-state index contributed by atoms with van der Waals surface area (Å²) in [5, 5.41) is 3.01. The molecule has 1 heterocycles. The molecule has 1 aromatic carbocycles. The molecule has 4 nitrogen and oxygen atoms in total. The van der Waals surface area contributed by atoms with Gasteiger partial charge in [0.25, 0.3) is 0 Å². The predicted octanol–water partition coefficient (Wildman–Crippen LogP) is 2.90. The highest BCUT2D eigenvalue weighted by Gasteiger charge is 2.14. The van der Waals surface area contributed by atoms with Crippen molar-refractivity contribution < 1.29 is 14.3 Å². The van der Waals surface area contributed by atoms with E-state index in [4.69, 9.17) is 9.47 Å². The van der Waals surface area contributed by atoms with Crippen LogP contribution < -0.4 is 14.8 Å². The van der Waals surface area contributed by atoms with E-state index < -0.39 is 0 Å². The van der Waals surface area contributed by atoms with Gasteiger partial charge in [-0.1, -0.05) is 19.9 Å². The van der Waals surface area contributed by atoms with Crippen LogP contribution in [-0.2, 0) is 11.2 Å². The molecule has 0 aliphatic carbocycles. The zero-order valence-electron chi connectivity index (χ0n) is 12.3. The van der Waals surface area contributed by atoms with Gasteiger partial charge in [0.2, 0.25) is 12.7 Å². The van der Waals surface area contributed by atoms with Crippen LogP contribution in [-0.4, -0.2) is 19.2 Å². The fourth-order valence-electron chi connectivity index (χ4n) is 2.40. The number of fused-ring (bicyclic) bond motifs is 1. The van der Waals surface area contributed by atoms with Crippen LogP contribution in [0.4, 0.5) is 0 Å². The zero-order chi connectivity index (χ0) is 14.4. The van der Waals surface area contributed by atoms with E-state index in [9.17, 15) is 4.79 Å². The number of hydrogen-bond donors (Lipinski definition) is 1. The lowest BCUT2D eigenvalue weighted by Gasteiger charge is -2.12. The first-order valence-corrected chi connectivity index (χ1v) is 7.40. The Bertz CT molecular complexity index is 455. The van der Waals surface area contributed by atoms with Gasteiger partial charge >= 0.3 is 0 Å². The topological polar surface area (TPSA) is 47.6 Å². The van der Waals surface area contributed by atoms with Crippen molar-refractivity contribution in [1.82, 2.24) is 5.32 Å². The molecule has 1 aliphatic heterocycles. The number of carbonyl (C=O) groups excluding carboxylic acids is 1. The van der Waals surface area contributed by atoms with Gasteiger partial charge in [0.1, 0.15) is 0 Å². The number of amides is 1. The summed E-state index contributed by atoms with van der Waals surface area (Å²) in [5.41, 5.74) is 1.21. The molecule has 0 bridgehead atoms. The Balaban J connectivity index is 1.72. The SMILES string of the molecule is CCC(CC)C(=O)NCCCc1ccc2c(c1)OCO2. The molecule has 0 spiro atoms. The minimum absolute atomic E-state index is 0.153. The Kier molecular flexibility index (Phi) is 5.27. The first-order valence-electron chi connectivity index (χ1n) is 7.40. The Hall–Kier alpha value is -1.71. The highest BCUT2D eigenvalue weighted by Crippen LogP contribution is 2.32. The van der Waals surface area contributed by atoms with E-state index in [2.05, 4.69) is 25.2 Å². The van der Waals surface area contributed by atoms with Gasteiger partial charge in [0.15, 0.2) is 11.5 Å². The maximum atomic E-state index is 11.8. The van der Waals surface area contributed by atoms with Gasteiger partial charge < -0.3 is 14.8 Å². The second kappa shape index (κ2) is 7.17. The van der Waals surface area contributed by atoms with Crippen molar-refractivity contribution in [3.8, 4) is 11.5 Å². The van der Waals surface area contributed by atoms with E-state index in [-0.39, 0.29) is 11.8 Å². The molecule has 0 atom stereocenters. The van der Waals surface area contributed by atoms with Crippen molar-refractivity contribution in [1.29, 1.82) is 0 Å². The molecule has 1 aromatic rings. The van der Waals surface area contributed by atoms with Crippen LogP contribution in [0.2, 0.25) is 0 Å². The number of aryl methyl sites for hydroxylation is 1. The molecule has 0 fully saturated rings. The molecule has 110 valence electrons. The molecular weight excluding hydrogens is 254 g/mol. The van der Waals surface area contributed by atoms with E-state index in [1.54, 1.807) is 0 Å². The van der Waals surface area contributed by atoms with E-state index >= 15 is 0 Å². The van der Waals surface area contributed by atoms with Crippen LogP contribution in [0, 0.1) is 5.92 Å². The molecule has 0 unspecified atom stereocenters. The molecule has 0 radical (unpaired) electrons. The summed E-state index contributed by atoms with van der Waals surface area (Å²) < 4.78 is 10.6. The number of rotatable bonds is 7. The second-order valence-corrected chi connectivity index (χ2v) is 5.10. The third kappa shape index (κ3) is 3.65. The lowest BCUT2D eigenvalue weighted by Crippen LogP contribution is -2.31. The molecule has 4 heteroatoms. The van der Waals surface area contributed by atoms with Gasteiger partial charge in [-0.2, -0.15) is 0 Å². The average Bonchev–Trinajstić information content (AvgIpc) is 2.92. The van der Waals surface area contributed by atoms with Crippen LogP contribution in [0.5, 0.6) is 11.5 Å². The highest BCUT2D eigenvalue weighted by molar-refractivity contribution is 5.78. The van der Waals surface area contributed by atoms with Gasteiger partial charge in [-0.15, -0.1) is 0 Å². The average molecular weight is 277 g/mol. The van der Waals surface area contributed by atoms with Gasteiger partial charge in [0.05, 0.1) is 0 Å². The van der Waals surface area contributed by atoms with Gasteiger partial charge in [0, 0.05) is 12.5 Å². The zero-order valence-corrected chi connectivity index (χ0v) is 12.3. The van der Waals surface area contributed by atoms with E-state index in [1.807, 2.05) is 12.1 Å². The molecule has 1 aliphatic rings. The van der Waals surface area contributed by atoms with Crippen molar-refractivity contribution >= 4 is 5.91 Å². The van der Waals surface area contributed by atoms with E-state index in [1.165, 1.54) is 5.56 Å². The smallest absolute Gasteiger partial charge is 0.231 e. The number of benzene rings is 1. The van der Waals surface area contributed by atoms with E-state index in [0.717, 1.165) is 43.7 Å². The molecule has 2 rings (SSSR count). The fraction of sp³-hybridized carbons (Fsp3) is 0.562. The van der Waals surface area contributed by atoms with Crippen LogP contribution in [0.15, 0.2) is 18.2 Å². The lowest BCUT2D eigenvalue weighted by molar-refractivity contribution is -0.125. The standard InChI is InChI=1S/C16H23NO3/c1-3-13(4-2)16(18)17-9-5-6-12-7-8-14-15(10-12)20-11-19-14/h7-8,10,13H,3-6,9,11H2,1-2H3,(H,17,18). The molecule has 20 heavy (non-hydrogen) atoms. The van der Waals surface area contributed by atoms with Crippen molar-refractivity contribution in [3.05, 3.63) is 23.8 Å². The number of nitrogens with one attached hydrogen (secondary N) is 1. The third-order valence-electron chi connectivity index (χ3n) is 3.73. The summed E-state index contributed by atoms with van der Waals surface area (Å²) in [6, 6.07) is 6.02. The van der Waals surface area contributed by atoms with Crippen molar-refractivity contribution in [3.63, 3.8) is 0 Å². The van der Waals surface area contributed by atoms with Crippen molar-refractivity contribution in [2.75, 3.05) is 13.3 Å². The van der Waals surface area contributed by atoms with Crippen LogP contribution in [0.25, 0.3) is 0 Å². The van der Waals surface area contributed by atoms with E-state index in [0.29, 0.717) is 6.79 Å². The Labute approximate surface area is 120 Å². The van der Waals surface area contributed by atoms with Gasteiger partial charge in [-0.25, -0.2) is 0 Å². The summed E-state index contributed by atoms with van der Waals surface area (Å²) in [6.45, 7) is 5.15. The summed E-state index contributed by atoms with van der Waals surface area (Å²) in [7, 11) is 0. The Morgan fingerprint density at radius 2 is 2.00 bits per heavy atom. The maximum Gasteiger partial charge on any atom is 0.231 e. The molecule has 1 N–H and O–H groups in total. The summed E-state index contributed by atoms with van der Waals surface area (Å²) in [4.78, 5) is 11.8. The molecule has 1 amide bonds. The minimum Gasteiger partial charge on any atom is -0.454 e. The molecule has 0 aromatic heterocycles. The van der Waals surface area contributed by atoms with Crippen molar-refractivity contribution in [2.24, 2.45) is 5.92 Å². The quantitative estimate of drug-likeness (QED) is 0.780. The first kappa shape index (κ1) is 14.7. The number of carbonyl (C=O) groups is 1. The van der Waals surface area contributed by atoms with Crippen LogP contribution >= 0.6 is 0 Å². The second-order valence-electron chi connectivity index (χ2n) is 5.10. The lowest BCUT2D eigenvalue weighted by atomic mass is 10.0. The summed E-state index contributed by atoms with van der Waals surface area (Å²) in [6.07, 6.45) is 3.68. The fourth-order valence-corrected chi connectivity index (χ4v) is 2.40. The maximum absolute atomic E-state index is 11.8. The molecule has 0 saturated heterocycles. The summed E-state index contributed by atoms with van der Waals surface area (Å²) in [5.74, 6) is 1.97. The monoisotopic (exact) mass is 277 g/mol. The van der Waals surface area contributed by atoms with Crippen LogP contribution in [0.3, 0.4) is 0 Å². The normalized spacial score (nSPS) is 12.8. The number of hydrogen-bond acceptors (Lipinski definition) is 3. The molecular formula is C16H23NO3. The van der Waals surface area contributed by atoms with Gasteiger partial charge in [-0.3, -0.25) is 4.79 Å². The largest absolute Gasteiger partial charge is 0.454 e. The Morgan fingerprint density at radius 1 is 1.25 bits per heavy atom. The Morgan fingerprint density at radius 3 is 2.75 bits per heavy atom. The number of ether oxygens (including phenoxy) is 2. The highest BCUT2D eigenvalue weighted by atomic mass is 16.7. The summed E-state index contributed by atoms with van der Waals surface area (Å²) >= 11 is 0. The van der Waals surface area contributed by atoms with Gasteiger partial charge in [-0.05, 0) is 43.4 Å².